The summed E-state index contributed by atoms with van der Waals surface area (Å²) in [6.07, 6.45) is 4.83. The van der Waals surface area contributed by atoms with Crippen LogP contribution in [0.15, 0.2) is 29.4 Å². The highest BCUT2D eigenvalue weighted by atomic mass is 35.5. The quantitative estimate of drug-likeness (QED) is 0.738. The van der Waals surface area contributed by atoms with Gasteiger partial charge in [0.15, 0.2) is 5.16 Å². The third-order valence-corrected chi connectivity index (χ3v) is 5.82. The van der Waals surface area contributed by atoms with E-state index in [0.29, 0.717) is 22.7 Å². The van der Waals surface area contributed by atoms with E-state index in [9.17, 15) is 4.79 Å². The zero-order valence-electron chi connectivity index (χ0n) is 14.1. The molecular weight excluding hydrogens is 356 g/mol. The Morgan fingerprint density at radius 2 is 2.00 bits per heavy atom. The summed E-state index contributed by atoms with van der Waals surface area (Å²) in [6, 6.07) is 8.05. The van der Waals surface area contributed by atoms with Gasteiger partial charge in [-0.05, 0) is 50.3 Å². The molecule has 7 heteroatoms. The van der Waals surface area contributed by atoms with E-state index >= 15 is 0 Å². The first-order valence-corrected chi connectivity index (χ1v) is 10.1. The average molecular weight is 377 g/mol. The van der Waals surface area contributed by atoms with E-state index < -0.39 is 0 Å². The van der Waals surface area contributed by atoms with E-state index in [1.54, 1.807) is 0 Å². The summed E-state index contributed by atoms with van der Waals surface area (Å²) in [7, 11) is 0. The van der Waals surface area contributed by atoms with Gasteiger partial charge >= 0.3 is 0 Å². The molecule has 0 saturated heterocycles. The summed E-state index contributed by atoms with van der Waals surface area (Å²) in [5, 5.41) is 13.3. The number of aromatic nitrogens is 3. The number of hydrogen-bond acceptors (Lipinski definition) is 4. The third kappa shape index (κ3) is 4.01. The second-order valence-corrected chi connectivity index (χ2v) is 8.22. The lowest BCUT2D eigenvalue weighted by Crippen LogP contribution is -2.28. The van der Waals surface area contributed by atoms with E-state index in [1.165, 1.54) is 37.4 Å². The fourth-order valence-electron chi connectivity index (χ4n) is 2.93. The smallest absolute Gasteiger partial charge is 0.230 e. The highest BCUT2D eigenvalue weighted by molar-refractivity contribution is 7.99. The Labute approximate surface area is 156 Å². The second kappa shape index (κ2) is 7.00. The van der Waals surface area contributed by atoms with Crippen molar-refractivity contribution < 1.29 is 4.79 Å². The molecule has 2 saturated carbocycles. The first-order valence-electron chi connectivity index (χ1n) is 8.74. The molecule has 2 aliphatic rings. The van der Waals surface area contributed by atoms with Crippen LogP contribution in [-0.4, -0.2) is 26.4 Å². The Bertz CT molecular complexity index is 768. The van der Waals surface area contributed by atoms with Gasteiger partial charge in [0.1, 0.15) is 5.82 Å². The Kier molecular flexibility index (Phi) is 4.73. The molecule has 2 aromatic rings. The zero-order chi connectivity index (χ0) is 17.4. The average Bonchev–Trinajstić information content (AvgIpc) is 3.52. The second-order valence-electron chi connectivity index (χ2n) is 6.85. The first-order chi connectivity index (χ1) is 12.1. The summed E-state index contributed by atoms with van der Waals surface area (Å²) in [4.78, 5) is 12.3. The van der Waals surface area contributed by atoms with Gasteiger partial charge in [-0.1, -0.05) is 35.5 Å². The molecule has 1 aromatic heterocycles. The van der Waals surface area contributed by atoms with Crippen LogP contribution in [0.4, 0.5) is 0 Å². The minimum absolute atomic E-state index is 0.00534. The van der Waals surface area contributed by atoms with Gasteiger partial charge in [-0.3, -0.25) is 4.79 Å². The van der Waals surface area contributed by atoms with Crippen molar-refractivity contribution >= 4 is 29.3 Å². The Morgan fingerprint density at radius 3 is 2.64 bits per heavy atom. The van der Waals surface area contributed by atoms with Gasteiger partial charge in [-0.2, -0.15) is 0 Å². The standard InChI is InChI=1S/C18H21ClN4OS/c1-11(12-4-6-14(19)7-5-12)20-16(24)10-25-18-22-21-17(13-2-3-13)23(18)15-8-9-15/h4-7,11,13,15H,2-3,8-10H2,1H3,(H,20,24)/t11-/m1/s1. The van der Waals surface area contributed by atoms with Crippen LogP contribution < -0.4 is 5.32 Å². The molecule has 1 aromatic carbocycles. The van der Waals surface area contributed by atoms with Crippen molar-refractivity contribution in [2.75, 3.05) is 5.75 Å². The molecule has 0 radical (unpaired) electrons. The van der Waals surface area contributed by atoms with E-state index in [0.717, 1.165) is 16.5 Å². The number of thioether (sulfide) groups is 1. The predicted molar refractivity (Wildman–Crippen MR) is 99.0 cm³/mol. The molecule has 4 rings (SSSR count). The molecule has 1 atom stereocenters. The molecule has 0 aliphatic heterocycles. The van der Waals surface area contributed by atoms with Crippen molar-refractivity contribution in [3.05, 3.63) is 40.7 Å². The van der Waals surface area contributed by atoms with Gasteiger partial charge in [0.05, 0.1) is 11.8 Å². The van der Waals surface area contributed by atoms with Gasteiger partial charge in [-0.25, -0.2) is 0 Å². The van der Waals surface area contributed by atoms with Crippen LogP contribution in [-0.2, 0) is 4.79 Å². The van der Waals surface area contributed by atoms with Gasteiger partial charge in [0.2, 0.25) is 5.91 Å². The SMILES string of the molecule is C[C@@H](NC(=O)CSc1nnc(C2CC2)n1C1CC1)c1ccc(Cl)cc1. The van der Waals surface area contributed by atoms with E-state index in [2.05, 4.69) is 20.1 Å². The minimum atomic E-state index is -0.0475. The lowest BCUT2D eigenvalue weighted by Gasteiger charge is -2.14. The number of benzene rings is 1. The van der Waals surface area contributed by atoms with Crippen LogP contribution in [0.3, 0.4) is 0 Å². The maximum absolute atomic E-state index is 12.3. The topological polar surface area (TPSA) is 59.8 Å². The van der Waals surface area contributed by atoms with Crippen molar-refractivity contribution in [3.8, 4) is 0 Å². The van der Waals surface area contributed by atoms with Crippen LogP contribution in [0.25, 0.3) is 0 Å². The third-order valence-electron chi connectivity index (χ3n) is 4.63. The Hall–Kier alpha value is -1.53. The molecule has 1 N–H and O–H groups in total. The molecule has 2 fully saturated rings. The molecule has 132 valence electrons. The molecule has 25 heavy (non-hydrogen) atoms. The fourth-order valence-corrected chi connectivity index (χ4v) is 3.88. The molecular formula is C18H21ClN4OS. The number of halogens is 1. The van der Waals surface area contributed by atoms with Gasteiger partial charge in [-0.15, -0.1) is 10.2 Å². The zero-order valence-corrected chi connectivity index (χ0v) is 15.7. The lowest BCUT2D eigenvalue weighted by molar-refractivity contribution is -0.119. The van der Waals surface area contributed by atoms with E-state index in [-0.39, 0.29) is 11.9 Å². The van der Waals surface area contributed by atoms with Crippen LogP contribution in [0.1, 0.15) is 62.0 Å². The molecule has 1 heterocycles. The largest absolute Gasteiger partial charge is 0.349 e. The van der Waals surface area contributed by atoms with Crippen molar-refractivity contribution in [3.63, 3.8) is 0 Å². The molecule has 5 nitrogen and oxygen atoms in total. The fraction of sp³-hybridized carbons (Fsp3) is 0.500. The maximum atomic E-state index is 12.3. The molecule has 2 aliphatic carbocycles. The summed E-state index contributed by atoms with van der Waals surface area (Å²) in [6.45, 7) is 1.98. The predicted octanol–water partition coefficient (Wildman–Crippen LogP) is 4.11. The van der Waals surface area contributed by atoms with Crippen molar-refractivity contribution in [2.45, 2.75) is 55.8 Å². The minimum Gasteiger partial charge on any atom is -0.349 e. The lowest BCUT2D eigenvalue weighted by atomic mass is 10.1. The number of hydrogen-bond donors (Lipinski definition) is 1. The number of carbonyl (C=O) groups is 1. The van der Waals surface area contributed by atoms with Crippen molar-refractivity contribution in [1.29, 1.82) is 0 Å². The number of nitrogens with one attached hydrogen (secondary N) is 1. The number of rotatable bonds is 7. The Balaban J connectivity index is 1.35. The van der Waals surface area contributed by atoms with Crippen molar-refractivity contribution in [2.24, 2.45) is 0 Å². The monoisotopic (exact) mass is 376 g/mol. The summed E-state index contributed by atoms with van der Waals surface area (Å²) in [5.74, 6) is 2.07. The molecule has 0 spiro atoms. The summed E-state index contributed by atoms with van der Waals surface area (Å²) >= 11 is 7.39. The summed E-state index contributed by atoms with van der Waals surface area (Å²) in [5.41, 5.74) is 1.04. The van der Waals surface area contributed by atoms with Crippen molar-refractivity contribution in [1.82, 2.24) is 20.1 Å². The van der Waals surface area contributed by atoms with Crippen LogP contribution >= 0.6 is 23.4 Å². The van der Waals surface area contributed by atoms with E-state index in [4.69, 9.17) is 11.6 Å². The Morgan fingerprint density at radius 1 is 1.28 bits per heavy atom. The van der Waals surface area contributed by atoms with Crippen LogP contribution in [0.5, 0.6) is 0 Å². The molecule has 0 unspecified atom stereocenters. The van der Waals surface area contributed by atoms with Gasteiger partial charge in [0.25, 0.3) is 0 Å². The number of carbonyl (C=O) groups excluding carboxylic acids is 1. The first kappa shape index (κ1) is 16.9. The highest BCUT2D eigenvalue weighted by Crippen LogP contribution is 2.45. The normalized spacial score (nSPS) is 18.2. The highest BCUT2D eigenvalue weighted by Gasteiger charge is 2.36. The van der Waals surface area contributed by atoms with Gasteiger partial charge < -0.3 is 9.88 Å². The van der Waals surface area contributed by atoms with E-state index in [1.807, 2.05) is 31.2 Å². The van der Waals surface area contributed by atoms with Crippen LogP contribution in [0.2, 0.25) is 5.02 Å². The summed E-state index contributed by atoms with van der Waals surface area (Å²) < 4.78 is 2.28. The molecule has 1 amide bonds. The number of amides is 1. The maximum Gasteiger partial charge on any atom is 0.230 e. The van der Waals surface area contributed by atoms with Crippen LogP contribution in [0, 0.1) is 0 Å². The van der Waals surface area contributed by atoms with Gasteiger partial charge in [0, 0.05) is 17.0 Å². The molecule has 0 bridgehead atoms. The number of nitrogens with zero attached hydrogens (tertiary/aromatic N) is 3.